The fourth-order valence-corrected chi connectivity index (χ4v) is 3.57. The molecule has 0 spiro atoms. The second kappa shape index (κ2) is 8.30. The molecule has 1 aliphatic rings. The number of hydrogen-bond acceptors (Lipinski definition) is 2. The number of hydrogen-bond donors (Lipinski definition) is 1. The highest BCUT2D eigenvalue weighted by molar-refractivity contribution is 6.30. The van der Waals surface area contributed by atoms with E-state index in [1.54, 1.807) is 12.1 Å². The molecular formula is C19H28ClFN2O. The number of piperazine rings is 1. The third kappa shape index (κ3) is 5.18. The summed E-state index contributed by atoms with van der Waals surface area (Å²) in [5.74, 6) is 0.655. The number of benzene rings is 1. The molecule has 2 rings (SSSR count). The maximum Gasteiger partial charge on any atom is 0.237 e. The fraction of sp³-hybridized carbons (Fsp3) is 0.632. The Labute approximate surface area is 149 Å². The quantitative estimate of drug-likeness (QED) is 0.828. The van der Waals surface area contributed by atoms with E-state index in [1.165, 1.54) is 6.07 Å². The van der Waals surface area contributed by atoms with Crippen molar-refractivity contribution in [3.05, 3.63) is 34.6 Å². The zero-order chi connectivity index (χ0) is 17.9. The number of nitrogens with one attached hydrogen (secondary N) is 1. The minimum Gasteiger partial charge on any atom is -0.351 e. The van der Waals surface area contributed by atoms with Crippen molar-refractivity contribution in [2.75, 3.05) is 6.54 Å². The van der Waals surface area contributed by atoms with Crippen molar-refractivity contribution in [2.45, 2.75) is 59.2 Å². The van der Waals surface area contributed by atoms with Gasteiger partial charge in [-0.3, -0.25) is 9.69 Å². The molecule has 3 nitrogen and oxygen atoms in total. The van der Waals surface area contributed by atoms with Gasteiger partial charge in [0.25, 0.3) is 0 Å². The Morgan fingerprint density at radius 1 is 1.25 bits per heavy atom. The van der Waals surface area contributed by atoms with Crippen LogP contribution in [0.2, 0.25) is 5.02 Å². The van der Waals surface area contributed by atoms with Crippen LogP contribution in [0.25, 0.3) is 0 Å². The highest BCUT2D eigenvalue weighted by Crippen LogP contribution is 2.23. The van der Waals surface area contributed by atoms with E-state index < -0.39 is 5.82 Å². The Hall–Kier alpha value is -1.13. The van der Waals surface area contributed by atoms with Gasteiger partial charge in [-0.2, -0.15) is 0 Å². The van der Waals surface area contributed by atoms with E-state index in [0.717, 1.165) is 24.9 Å². The summed E-state index contributed by atoms with van der Waals surface area (Å²) in [6.07, 6.45) is 1.77. The molecule has 0 radical (unpaired) electrons. The first-order valence-electron chi connectivity index (χ1n) is 8.74. The molecule has 0 bridgehead atoms. The lowest BCUT2D eigenvalue weighted by Gasteiger charge is -2.40. The summed E-state index contributed by atoms with van der Waals surface area (Å²) in [5, 5.41) is 3.31. The standard InChI is InChI=1S/C19H28ClFN2O/c1-12(2)7-15-11-23(18(8-13(3)4)19(24)22-15)10-14-5-6-17(21)16(20)9-14/h5-6,9,12-13,15,18H,7-8,10-11H2,1-4H3,(H,22,24)/t15-,18-/m0/s1. The summed E-state index contributed by atoms with van der Waals surface area (Å²) in [6, 6.07) is 4.82. The highest BCUT2D eigenvalue weighted by Gasteiger charge is 2.34. The second-order valence-corrected chi connectivity index (χ2v) is 8.07. The van der Waals surface area contributed by atoms with Crippen LogP contribution in [-0.2, 0) is 11.3 Å². The van der Waals surface area contributed by atoms with Crippen LogP contribution >= 0.6 is 11.6 Å². The zero-order valence-corrected chi connectivity index (χ0v) is 15.7. The molecule has 24 heavy (non-hydrogen) atoms. The van der Waals surface area contributed by atoms with Crippen molar-refractivity contribution < 1.29 is 9.18 Å². The van der Waals surface area contributed by atoms with Gasteiger partial charge in [0.15, 0.2) is 0 Å². The van der Waals surface area contributed by atoms with Gasteiger partial charge in [-0.15, -0.1) is 0 Å². The van der Waals surface area contributed by atoms with Gasteiger partial charge in [0.1, 0.15) is 5.82 Å². The molecule has 1 aromatic rings. The topological polar surface area (TPSA) is 32.3 Å². The van der Waals surface area contributed by atoms with Gasteiger partial charge >= 0.3 is 0 Å². The molecule has 0 saturated carbocycles. The van der Waals surface area contributed by atoms with Crippen LogP contribution in [-0.4, -0.2) is 29.4 Å². The molecule has 1 N–H and O–H groups in total. The Balaban J connectivity index is 2.17. The summed E-state index contributed by atoms with van der Waals surface area (Å²) >= 11 is 5.91. The molecule has 1 amide bonds. The predicted molar refractivity (Wildman–Crippen MR) is 96.4 cm³/mol. The van der Waals surface area contributed by atoms with E-state index in [1.807, 2.05) is 0 Å². The first-order chi connectivity index (χ1) is 11.3. The summed E-state index contributed by atoms with van der Waals surface area (Å²) in [6.45, 7) is 10.0. The Morgan fingerprint density at radius 2 is 1.92 bits per heavy atom. The van der Waals surface area contributed by atoms with Gasteiger partial charge in [-0.1, -0.05) is 45.4 Å². The molecular weight excluding hydrogens is 327 g/mol. The highest BCUT2D eigenvalue weighted by atomic mass is 35.5. The van der Waals surface area contributed by atoms with Crippen LogP contribution in [0.5, 0.6) is 0 Å². The van der Waals surface area contributed by atoms with Crippen LogP contribution in [0.3, 0.4) is 0 Å². The first kappa shape index (κ1) is 19.2. The maximum absolute atomic E-state index is 13.4. The molecule has 0 aliphatic carbocycles. The van der Waals surface area contributed by atoms with E-state index in [4.69, 9.17) is 11.6 Å². The normalized spacial score (nSPS) is 22.2. The summed E-state index contributed by atoms with van der Waals surface area (Å²) in [4.78, 5) is 14.8. The molecule has 134 valence electrons. The molecule has 2 atom stereocenters. The number of amides is 1. The lowest BCUT2D eigenvalue weighted by Crippen LogP contribution is -2.60. The first-order valence-corrected chi connectivity index (χ1v) is 9.12. The summed E-state index contributed by atoms with van der Waals surface area (Å²) in [7, 11) is 0. The number of rotatable bonds is 6. The number of carbonyl (C=O) groups excluding carboxylic acids is 1. The van der Waals surface area contributed by atoms with E-state index in [2.05, 4.69) is 37.9 Å². The molecule has 0 unspecified atom stereocenters. The second-order valence-electron chi connectivity index (χ2n) is 7.66. The SMILES string of the molecule is CC(C)C[C@H]1CN(Cc2ccc(F)c(Cl)c2)[C@@H](CC(C)C)C(=O)N1. The average Bonchev–Trinajstić information content (AvgIpc) is 2.45. The maximum atomic E-state index is 13.4. The molecule has 5 heteroatoms. The lowest BCUT2D eigenvalue weighted by molar-refractivity contribution is -0.132. The van der Waals surface area contributed by atoms with Crippen molar-refractivity contribution in [1.82, 2.24) is 10.2 Å². The number of halogens is 2. The van der Waals surface area contributed by atoms with E-state index in [0.29, 0.717) is 18.4 Å². The molecule has 0 aromatic heterocycles. The third-order valence-corrected chi connectivity index (χ3v) is 4.65. The van der Waals surface area contributed by atoms with Crippen LogP contribution in [0.4, 0.5) is 4.39 Å². The third-order valence-electron chi connectivity index (χ3n) is 4.36. The lowest BCUT2D eigenvalue weighted by atomic mass is 9.94. The Kier molecular flexibility index (Phi) is 6.64. The van der Waals surface area contributed by atoms with Crippen molar-refractivity contribution in [1.29, 1.82) is 0 Å². The molecule has 1 aliphatic heterocycles. The minimum absolute atomic E-state index is 0.105. The minimum atomic E-state index is -0.409. The van der Waals surface area contributed by atoms with Crippen molar-refractivity contribution >= 4 is 17.5 Å². The zero-order valence-electron chi connectivity index (χ0n) is 15.0. The summed E-state index contributed by atoms with van der Waals surface area (Å²) < 4.78 is 13.4. The van der Waals surface area contributed by atoms with Gasteiger partial charge in [0.05, 0.1) is 11.1 Å². The predicted octanol–water partition coefficient (Wildman–Crippen LogP) is 4.24. The van der Waals surface area contributed by atoms with Gasteiger partial charge in [-0.05, 0) is 42.4 Å². The van der Waals surface area contributed by atoms with Crippen LogP contribution in [0.15, 0.2) is 18.2 Å². The van der Waals surface area contributed by atoms with Crippen LogP contribution in [0, 0.1) is 17.7 Å². The Bertz CT molecular complexity index is 576. The van der Waals surface area contributed by atoms with Gasteiger partial charge in [-0.25, -0.2) is 4.39 Å². The average molecular weight is 355 g/mol. The van der Waals surface area contributed by atoms with Crippen molar-refractivity contribution in [2.24, 2.45) is 11.8 Å². The number of carbonyl (C=O) groups is 1. The molecule has 1 fully saturated rings. The van der Waals surface area contributed by atoms with Gasteiger partial charge < -0.3 is 5.32 Å². The van der Waals surface area contributed by atoms with Gasteiger partial charge in [0.2, 0.25) is 5.91 Å². The molecule has 1 aromatic carbocycles. The van der Waals surface area contributed by atoms with Gasteiger partial charge in [0, 0.05) is 19.1 Å². The van der Waals surface area contributed by atoms with Crippen LogP contribution < -0.4 is 5.32 Å². The molecule has 1 heterocycles. The smallest absolute Gasteiger partial charge is 0.237 e. The van der Waals surface area contributed by atoms with E-state index in [-0.39, 0.29) is 23.0 Å². The largest absolute Gasteiger partial charge is 0.351 e. The monoisotopic (exact) mass is 354 g/mol. The van der Waals surface area contributed by atoms with E-state index in [9.17, 15) is 9.18 Å². The van der Waals surface area contributed by atoms with Crippen molar-refractivity contribution in [3.8, 4) is 0 Å². The number of nitrogens with zero attached hydrogens (tertiary/aromatic N) is 1. The summed E-state index contributed by atoms with van der Waals surface area (Å²) in [5.41, 5.74) is 0.938. The fourth-order valence-electron chi connectivity index (χ4n) is 3.37. The van der Waals surface area contributed by atoms with E-state index >= 15 is 0 Å². The Morgan fingerprint density at radius 3 is 2.50 bits per heavy atom. The van der Waals surface area contributed by atoms with Crippen molar-refractivity contribution in [3.63, 3.8) is 0 Å². The van der Waals surface area contributed by atoms with Crippen LogP contribution in [0.1, 0.15) is 46.1 Å². The molecule has 1 saturated heterocycles.